The Morgan fingerprint density at radius 1 is 0.812 bits per heavy atom. The number of alkyl halides is 3. The van der Waals surface area contributed by atoms with Crippen LogP contribution in [-0.2, 0) is 6.18 Å². The zero-order chi connectivity index (χ0) is 22.9. The van der Waals surface area contributed by atoms with E-state index in [1.165, 1.54) is 14.2 Å². The summed E-state index contributed by atoms with van der Waals surface area (Å²) in [5.41, 5.74) is 0.851. The van der Waals surface area contributed by atoms with E-state index >= 15 is 0 Å². The number of hydrogen-bond donors (Lipinski definition) is 1. The molecular weight excluding hydrogens is 424 g/mol. The van der Waals surface area contributed by atoms with Crippen molar-refractivity contribution in [3.63, 3.8) is 0 Å². The fourth-order valence-electron chi connectivity index (χ4n) is 3.43. The number of H-pyrrole nitrogens is 1. The molecule has 1 N–H and O–H groups in total. The summed E-state index contributed by atoms with van der Waals surface area (Å²) in [6.07, 6.45) is -4.75. The van der Waals surface area contributed by atoms with E-state index in [4.69, 9.17) is 9.47 Å². The van der Waals surface area contributed by atoms with Crippen molar-refractivity contribution < 1.29 is 27.0 Å². The van der Waals surface area contributed by atoms with Crippen LogP contribution in [0.1, 0.15) is 5.56 Å². The summed E-state index contributed by atoms with van der Waals surface area (Å²) in [6, 6.07) is 16.6. The molecule has 4 rings (SSSR count). The first-order valence-corrected chi connectivity index (χ1v) is 9.56. The highest BCUT2D eigenvalue weighted by Gasteiger charge is 2.35. The van der Waals surface area contributed by atoms with E-state index < -0.39 is 17.6 Å². The van der Waals surface area contributed by atoms with E-state index in [0.717, 1.165) is 12.1 Å². The first-order valence-electron chi connectivity index (χ1n) is 9.56. The van der Waals surface area contributed by atoms with Gasteiger partial charge in [-0.15, -0.1) is 0 Å². The number of aromatic amines is 1. The maximum Gasteiger partial charge on any atom is 0.417 e. The summed E-state index contributed by atoms with van der Waals surface area (Å²) in [4.78, 5) is 7.49. The van der Waals surface area contributed by atoms with Gasteiger partial charge in [-0.2, -0.15) is 13.2 Å². The Labute approximate surface area is 181 Å². The van der Waals surface area contributed by atoms with Gasteiger partial charge >= 0.3 is 6.18 Å². The van der Waals surface area contributed by atoms with E-state index in [2.05, 4.69) is 9.97 Å². The lowest BCUT2D eigenvalue weighted by Crippen LogP contribution is -2.08. The molecule has 3 aromatic carbocycles. The normalized spacial score (nSPS) is 11.4. The summed E-state index contributed by atoms with van der Waals surface area (Å²) < 4.78 is 65.0. The number of benzene rings is 3. The van der Waals surface area contributed by atoms with Crippen molar-refractivity contribution >= 4 is 0 Å². The molecule has 164 valence electrons. The second kappa shape index (κ2) is 8.37. The van der Waals surface area contributed by atoms with Gasteiger partial charge in [0.25, 0.3) is 0 Å². The Balaban J connectivity index is 1.96. The Kier molecular flexibility index (Phi) is 5.61. The Morgan fingerprint density at radius 3 is 2.06 bits per heavy atom. The minimum absolute atomic E-state index is 0.0343. The van der Waals surface area contributed by atoms with Gasteiger partial charge in [-0.1, -0.05) is 24.3 Å². The maximum absolute atomic E-state index is 13.6. The molecule has 0 aliphatic rings. The number of rotatable bonds is 5. The highest BCUT2D eigenvalue weighted by Crippen LogP contribution is 2.40. The van der Waals surface area contributed by atoms with Gasteiger partial charge in [0.2, 0.25) is 0 Å². The predicted octanol–water partition coefficient (Wildman–Crippen LogP) is 6.59. The molecule has 0 amide bonds. The van der Waals surface area contributed by atoms with E-state index in [-0.39, 0.29) is 11.4 Å². The SMILES string of the molecule is COc1cccc(-c2nc(-c3ccc(F)cc3C(F)(F)F)[nH]c2-c2cccc(OC)c2)c1. The Morgan fingerprint density at radius 2 is 1.44 bits per heavy atom. The zero-order valence-electron chi connectivity index (χ0n) is 17.1. The predicted molar refractivity (Wildman–Crippen MR) is 113 cm³/mol. The molecule has 0 saturated carbocycles. The zero-order valence-corrected chi connectivity index (χ0v) is 17.1. The number of aromatic nitrogens is 2. The van der Waals surface area contributed by atoms with E-state index in [1.807, 2.05) is 0 Å². The van der Waals surface area contributed by atoms with Crippen molar-refractivity contribution in [3.8, 4) is 45.4 Å². The molecule has 8 heteroatoms. The van der Waals surface area contributed by atoms with Crippen molar-refractivity contribution in [3.05, 3.63) is 78.1 Å². The van der Waals surface area contributed by atoms with Crippen molar-refractivity contribution in [1.82, 2.24) is 9.97 Å². The van der Waals surface area contributed by atoms with Crippen molar-refractivity contribution in [2.45, 2.75) is 6.18 Å². The highest BCUT2D eigenvalue weighted by atomic mass is 19.4. The summed E-state index contributed by atoms with van der Waals surface area (Å²) in [5.74, 6) is 0.135. The van der Waals surface area contributed by atoms with Crippen molar-refractivity contribution in [1.29, 1.82) is 0 Å². The van der Waals surface area contributed by atoms with Crippen LogP contribution in [0.3, 0.4) is 0 Å². The molecular formula is C24H18F4N2O2. The van der Waals surface area contributed by atoms with Crippen molar-refractivity contribution in [2.75, 3.05) is 14.2 Å². The molecule has 0 aliphatic carbocycles. The van der Waals surface area contributed by atoms with Crippen LogP contribution >= 0.6 is 0 Å². The van der Waals surface area contributed by atoms with Crippen LogP contribution in [0, 0.1) is 5.82 Å². The summed E-state index contributed by atoms with van der Waals surface area (Å²) in [5, 5.41) is 0. The monoisotopic (exact) mass is 442 g/mol. The lowest BCUT2D eigenvalue weighted by Gasteiger charge is -2.11. The Hall–Kier alpha value is -3.81. The fourth-order valence-corrected chi connectivity index (χ4v) is 3.43. The molecule has 0 radical (unpaired) electrons. The van der Waals surface area contributed by atoms with Crippen molar-refractivity contribution in [2.24, 2.45) is 0 Å². The number of ether oxygens (including phenoxy) is 2. The minimum Gasteiger partial charge on any atom is -0.497 e. The number of nitrogens with one attached hydrogen (secondary N) is 1. The number of hydrogen-bond acceptors (Lipinski definition) is 3. The van der Waals surface area contributed by atoms with E-state index in [0.29, 0.717) is 40.1 Å². The lowest BCUT2D eigenvalue weighted by molar-refractivity contribution is -0.137. The van der Waals surface area contributed by atoms with Gasteiger partial charge in [-0.3, -0.25) is 0 Å². The van der Waals surface area contributed by atoms with E-state index in [1.54, 1.807) is 48.5 Å². The molecule has 0 saturated heterocycles. The topological polar surface area (TPSA) is 47.1 Å². The smallest absolute Gasteiger partial charge is 0.417 e. The third kappa shape index (κ3) is 4.16. The molecule has 0 bridgehead atoms. The summed E-state index contributed by atoms with van der Waals surface area (Å²) >= 11 is 0. The second-order valence-corrected chi connectivity index (χ2v) is 6.96. The first kappa shape index (κ1) is 21.4. The minimum atomic E-state index is -4.75. The largest absolute Gasteiger partial charge is 0.497 e. The number of nitrogens with zero attached hydrogens (tertiary/aromatic N) is 1. The van der Waals surface area contributed by atoms with Crippen LogP contribution in [0.15, 0.2) is 66.7 Å². The van der Waals surface area contributed by atoms with Crippen LogP contribution in [0.5, 0.6) is 11.5 Å². The van der Waals surface area contributed by atoms with Gasteiger partial charge in [0.1, 0.15) is 23.1 Å². The van der Waals surface area contributed by atoms with Gasteiger partial charge in [0, 0.05) is 16.7 Å². The molecule has 32 heavy (non-hydrogen) atoms. The molecule has 0 atom stereocenters. The molecule has 4 nitrogen and oxygen atoms in total. The fraction of sp³-hybridized carbons (Fsp3) is 0.125. The second-order valence-electron chi connectivity index (χ2n) is 6.96. The molecule has 4 aromatic rings. The van der Waals surface area contributed by atoms with Gasteiger partial charge in [0.15, 0.2) is 0 Å². The standard InChI is InChI=1S/C24H18F4N2O2/c1-31-17-7-3-5-14(11-17)21-22(15-6-4-8-18(12-15)32-2)30-23(29-21)19-10-9-16(25)13-20(19)24(26,27)28/h3-13H,1-2H3,(H,29,30). The summed E-state index contributed by atoms with van der Waals surface area (Å²) in [6.45, 7) is 0. The van der Waals surface area contributed by atoms with Gasteiger partial charge in [0.05, 0.1) is 31.2 Å². The van der Waals surface area contributed by atoms with Crippen LogP contribution in [-0.4, -0.2) is 24.2 Å². The molecule has 0 aliphatic heterocycles. The summed E-state index contributed by atoms with van der Waals surface area (Å²) in [7, 11) is 3.04. The average molecular weight is 442 g/mol. The molecule has 0 fully saturated rings. The van der Waals surface area contributed by atoms with Crippen LogP contribution in [0.4, 0.5) is 17.6 Å². The number of imidazole rings is 1. The van der Waals surface area contributed by atoms with Gasteiger partial charge in [-0.25, -0.2) is 9.37 Å². The Bertz CT molecular complexity index is 1200. The molecule has 0 unspecified atom stereocenters. The molecule has 0 spiro atoms. The van der Waals surface area contributed by atoms with Crippen LogP contribution < -0.4 is 9.47 Å². The highest BCUT2D eigenvalue weighted by molar-refractivity contribution is 5.82. The molecule has 1 aromatic heterocycles. The third-order valence-corrected chi connectivity index (χ3v) is 4.95. The third-order valence-electron chi connectivity index (χ3n) is 4.95. The van der Waals surface area contributed by atoms with Crippen LogP contribution in [0.2, 0.25) is 0 Å². The van der Waals surface area contributed by atoms with E-state index in [9.17, 15) is 17.6 Å². The van der Waals surface area contributed by atoms with Crippen LogP contribution in [0.25, 0.3) is 33.9 Å². The molecule has 1 heterocycles. The number of methoxy groups -OCH3 is 2. The average Bonchev–Trinajstić information content (AvgIpc) is 3.24. The first-order chi connectivity index (χ1) is 15.3. The quantitative estimate of drug-likeness (QED) is 0.355. The number of halogens is 4. The maximum atomic E-state index is 13.6. The van der Waals surface area contributed by atoms with Gasteiger partial charge < -0.3 is 14.5 Å². The van der Waals surface area contributed by atoms with Gasteiger partial charge in [-0.05, 0) is 42.5 Å². The lowest BCUT2D eigenvalue weighted by atomic mass is 10.0.